The van der Waals surface area contributed by atoms with Gasteiger partial charge in [-0.3, -0.25) is 0 Å². The molecule has 0 bridgehead atoms. The monoisotopic (exact) mass is 332 g/mol. The van der Waals surface area contributed by atoms with E-state index in [1.165, 1.54) is 0 Å². The van der Waals surface area contributed by atoms with Crippen LogP contribution in [0.3, 0.4) is 0 Å². The van der Waals surface area contributed by atoms with Crippen LogP contribution in [0.15, 0.2) is 22.7 Å². The second-order valence-corrected chi connectivity index (χ2v) is 5.03. The van der Waals surface area contributed by atoms with Crippen LogP contribution in [0.2, 0.25) is 0 Å². The molecule has 1 aromatic heterocycles. The first-order chi connectivity index (χ1) is 8.84. The molecular formula is C13H12BrF3N2. The molecule has 2 aromatic rings. The molecule has 1 N–H and O–H groups in total. The van der Waals surface area contributed by atoms with E-state index in [9.17, 15) is 13.2 Å². The highest BCUT2D eigenvalue weighted by Gasteiger charge is 2.33. The van der Waals surface area contributed by atoms with Crippen LogP contribution in [0, 0.1) is 6.92 Å². The number of anilines is 1. The Bertz CT molecular complexity index is 623. The SMILES string of the molecule is CCNc1cc(C(F)(F)F)nc2c(Br)ccc(C)c12. The van der Waals surface area contributed by atoms with Crippen LogP contribution < -0.4 is 5.32 Å². The Balaban J connectivity index is 2.83. The lowest BCUT2D eigenvalue weighted by Crippen LogP contribution is -2.10. The molecule has 0 aliphatic carbocycles. The standard InChI is InChI=1S/C13H12BrF3N2/c1-3-18-9-6-10(13(15,16)17)19-12-8(14)5-4-7(2)11(9)12/h4-6H,3H2,1-2H3,(H,18,19). The molecule has 2 nitrogen and oxygen atoms in total. The quantitative estimate of drug-likeness (QED) is 0.857. The van der Waals surface area contributed by atoms with Gasteiger partial charge in [0.25, 0.3) is 0 Å². The maximum atomic E-state index is 12.9. The van der Waals surface area contributed by atoms with Crippen molar-refractivity contribution >= 4 is 32.5 Å². The molecule has 0 aliphatic rings. The molecule has 0 unspecified atom stereocenters. The Morgan fingerprint density at radius 1 is 1.32 bits per heavy atom. The van der Waals surface area contributed by atoms with Gasteiger partial charge in [0, 0.05) is 22.1 Å². The fourth-order valence-electron chi connectivity index (χ4n) is 1.95. The zero-order valence-corrected chi connectivity index (χ0v) is 12.0. The van der Waals surface area contributed by atoms with Crippen molar-refractivity contribution in [2.45, 2.75) is 20.0 Å². The van der Waals surface area contributed by atoms with Crippen LogP contribution in [0.1, 0.15) is 18.2 Å². The van der Waals surface area contributed by atoms with Crippen molar-refractivity contribution in [2.75, 3.05) is 11.9 Å². The number of rotatable bonds is 2. The van der Waals surface area contributed by atoms with Gasteiger partial charge in [-0.1, -0.05) is 6.07 Å². The third kappa shape index (κ3) is 2.68. The number of aromatic nitrogens is 1. The van der Waals surface area contributed by atoms with Gasteiger partial charge in [0.1, 0.15) is 5.69 Å². The van der Waals surface area contributed by atoms with E-state index in [4.69, 9.17) is 0 Å². The van der Waals surface area contributed by atoms with Gasteiger partial charge in [0.05, 0.1) is 5.52 Å². The fourth-order valence-corrected chi connectivity index (χ4v) is 2.37. The number of fused-ring (bicyclic) bond motifs is 1. The lowest BCUT2D eigenvalue weighted by atomic mass is 10.1. The van der Waals surface area contributed by atoms with Crippen molar-refractivity contribution in [2.24, 2.45) is 0 Å². The molecule has 2 rings (SSSR count). The van der Waals surface area contributed by atoms with Gasteiger partial charge in [0.2, 0.25) is 0 Å². The molecule has 102 valence electrons. The van der Waals surface area contributed by atoms with Gasteiger partial charge in [-0.15, -0.1) is 0 Å². The summed E-state index contributed by atoms with van der Waals surface area (Å²) in [7, 11) is 0. The van der Waals surface area contributed by atoms with Gasteiger partial charge >= 0.3 is 6.18 Å². The third-order valence-corrected chi connectivity index (χ3v) is 3.42. The Hall–Kier alpha value is -1.30. The number of benzene rings is 1. The van der Waals surface area contributed by atoms with Crippen molar-refractivity contribution in [3.63, 3.8) is 0 Å². The summed E-state index contributed by atoms with van der Waals surface area (Å²) in [6.45, 7) is 4.24. The second-order valence-electron chi connectivity index (χ2n) is 4.17. The van der Waals surface area contributed by atoms with E-state index in [-0.39, 0.29) is 0 Å². The average molecular weight is 333 g/mol. The molecular weight excluding hydrogens is 321 g/mol. The zero-order valence-electron chi connectivity index (χ0n) is 10.4. The lowest BCUT2D eigenvalue weighted by Gasteiger charge is -2.15. The smallest absolute Gasteiger partial charge is 0.385 e. The van der Waals surface area contributed by atoms with E-state index in [0.29, 0.717) is 27.6 Å². The maximum Gasteiger partial charge on any atom is 0.433 e. The first kappa shape index (κ1) is 14.1. The molecule has 0 amide bonds. The molecule has 0 radical (unpaired) electrons. The number of hydrogen-bond acceptors (Lipinski definition) is 2. The van der Waals surface area contributed by atoms with Crippen LogP contribution in [-0.4, -0.2) is 11.5 Å². The fraction of sp³-hybridized carbons (Fsp3) is 0.308. The average Bonchev–Trinajstić information content (AvgIpc) is 2.33. The summed E-state index contributed by atoms with van der Waals surface area (Å²) >= 11 is 3.26. The summed E-state index contributed by atoms with van der Waals surface area (Å²) in [5.74, 6) is 0. The summed E-state index contributed by atoms with van der Waals surface area (Å²) in [4.78, 5) is 3.74. The minimum Gasteiger partial charge on any atom is -0.385 e. The molecule has 0 saturated carbocycles. The molecule has 19 heavy (non-hydrogen) atoms. The highest BCUT2D eigenvalue weighted by atomic mass is 79.9. The predicted octanol–water partition coefficient (Wildman–Crippen LogP) is 4.76. The molecule has 0 spiro atoms. The normalized spacial score (nSPS) is 11.9. The van der Waals surface area contributed by atoms with E-state index in [1.54, 1.807) is 6.07 Å². The lowest BCUT2D eigenvalue weighted by molar-refractivity contribution is -0.140. The minimum atomic E-state index is -4.46. The third-order valence-electron chi connectivity index (χ3n) is 2.78. The van der Waals surface area contributed by atoms with Crippen LogP contribution in [-0.2, 0) is 6.18 Å². The molecule has 1 heterocycles. The van der Waals surface area contributed by atoms with Gasteiger partial charge in [-0.2, -0.15) is 13.2 Å². The number of aryl methyl sites for hydroxylation is 1. The Labute approximate surface area is 117 Å². The molecule has 1 aromatic carbocycles. The van der Waals surface area contributed by atoms with Crippen LogP contribution >= 0.6 is 15.9 Å². The van der Waals surface area contributed by atoms with E-state index < -0.39 is 11.9 Å². The van der Waals surface area contributed by atoms with E-state index in [0.717, 1.165) is 11.6 Å². The molecule has 0 aliphatic heterocycles. The van der Waals surface area contributed by atoms with Gasteiger partial charge in [-0.05, 0) is 47.5 Å². The first-order valence-electron chi connectivity index (χ1n) is 5.75. The number of halogens is 4. The van der Waals surface area contributed by atoms with Crippen molar-refractivity contribution in [3.8, 4) is 0 Å². The highest BCUT2D eigenvalue weighted by Crippen LogP contribution is 2.36. The second kappa shape index (κ2) is 5.00. The Morgan fingerprint density at radius 3 is 2.58 bits per heavy atom. The maximum absolute atomic E-state index is 12.9. The summed E-state index contributed by atoms with van der Waals surface area (Å²) in [6.07, 6.45) is -4.46. The van der Waals surface area contributed by atoms with Crippen molar-refractivity contribution in [1.29, 1.82) is 0 Å². The Kier molecular flexibility index (Phi) is 3.71. The van der Waals surface area contributed by atoms with E-state index in [2.05, 4.69) is 26.2 Å². The van der Waals surface area contributed by atoms with Crippen molar-refractivity contribution < 1.29 is 13.2 Å². The Morgan fingerprint density at radius 2 is 2.00 bits per heavy atom. The van der Waals surface area contributed by atoms with Crippen molar-refractivity contribution in [1.82, 2.24) is 4.98 Å². The van der Waals surface area contributed by atoms with Gasteiger partial charge < -0.3 is 5.32 Å². The number of nitrogens with one attached hydrogen (secondary N) is 1. The topological polar surface area (TPSA) is 24.9 Å². The van der Waals surface area contributed by atoms with Gasteiger partial charge in [0.15, 0.2) is 0 Å². The van der Waals surface area contributed by atoms with Crippen LogP contribution in [0.4, 0.5) is 18.9 Å². The summed E-state index contributed by atoms with van der Waals surface area (Å²) in [5.41, 5.74) is 0.780. The number of alkyl halides is 3. The number of hydrogen-bond donors (Lipinski definition) is 1. The summed E-state index contributed by atoms with van der Waals surface area (Å²) in [6, 6.07) is 4.62. The summed E-state index contributed by atoms with van der Waals surface area (Å²) < 4.78 is 39.1. The minimum absolute atomic E-state index is 0.325. The van der Waals surface area contributed by atoms with E-state index in [1.807, 2.05) is 19.9 Å². The van der Waals surface area contributed by atoms with Gasteiger partial charge in [-0.25, -0.2) is 4.98 Å². The molecule has 0 atom stereocenters. The highest BCUT2D eigenvalue weighted by molar-refractivity contribution is 9.10. The first-order valence-corrected chi connectivity index (χ1v) is 6.54. The van der Waals surface area contributed by atoms with Crippen LogP contribution in [0.5, 0.6) is 0 Å². The van der Waals surface area contributed by atoms with Crippen molar-refractivity contribution in [3.05, 3.63) is 33.9 Å². The zero-order chi connectivity index (χ0) is 14.2. The predicted molar refractivity (Wildman–Crippen MR) is 73.3 cm³/mol. The molecule has 0 fully saturated rings. The van der Waals surface area contributed by atoms with Crippen LogP contribution in [0.25, 0.3) is 10.9 Å². The van der Waals surface area contributed by atoms with E-state index >= 15 is 0 Å². The largest absolute Gasteiger partial charge is 0.433 e. The number of nitrogens with zero attached hydrogens (tertiary/aromatic N) is 1. The molecule has 6 heteroatoms. The molecule has 0 saturated heterocycles. The number of pyridine rings is 1. The summed E-state index contributed by atoms with van der Waals surface area (Å²) in [5, 5.41) is 3.68.